The van der Waals surface area contributed by atoms with Gasteiger partial charge in [-0.3, -0.25) is 0 Å². The molecule has 0 saturated heterocycles. The summed E-state index contributed by atoms with van der Waals surface area (Å²) in [5.41, 5.74) is 1.11. The zero-order valence-corrected chi connectivity index (χ0v) is 6.62. The maximum Gasteiger partial charge on any atom is 0.280 e. The van der Waals surface area contributed by atoms with Crippen LogP contribution in [0.3, 0.4) is 0 Å². The third kappa shape index (κ3) is 1.08. The van der Waals surface area contributed by atoms with Gasteiger partial charge in [0.15, 0.2) is 6.20 Å². The molecule has 2 heterocycles. The first-order valence-corrected chi connectivity index (χ1v) is 3.81. The number of rotatable bonds is 0. The van der Waals surface area contributed by atoms with Gasteiger partial charge in [-0.1, -0.05) is 0 Å². The lowest BCUT2D eigenvalue weighted by molar-refractivity contribution is -0.509. The van der Waals surface area contributed by atoms with Crippen molar-refractivity contribution in [2.75, 3.05) is 0 Å². The molecule has 0 atom stereocenters. The Kier molecular flexibility index (Phi) is 1.51. The van der Waals surface area contributed by atoms with Crippen LogP contribution in [0.25, 0.3) is 5.52 Å². The van der Waals surface area contributed by atoms with Crippen LogP contribution >= 0.6 is 11.6 Å². The molecule has 0 aliphatic heterocycles. The lowest BCUT2D eigenvalue weighted by Crippen LogP contribution is -2.21. The molecule has 0 amide bonds. The van der Waals surface area contributed by atoms with Crippen LogP contribution < -0.4 is 4.40 Å². The summed E-state index contributed by atoms with van der Waals surface area (Å²) in [4.78, 5) is 0. The van der Waals surface area contributed by atoms with Crippen molar-refractivity contribution in [1.82, 2.24) is 0 Å². The van der Waals surface area contributed by atoms with E-state index in [0.717, 1.165) is 10.7 Å². The van der Waals surface area contributed by atoms with E-state index in [1.54, 1.807) is 0 Å². The Morgan fingerprint density at radius 3 is 2.64 bits per heavy atom. The molecule has 0 aliphatic carbocycles. The summed E-state index contributed by atoms with van der Waals surface area (Å²) in [6.07, 6.45) is 1.94. The second-order valence-electron chi connectivity index (χ2n) is 2.34. The van der Waals surface area contributed by atoms with Crippen molar-refractivity contribution in [1.29, 1.82) is 0 Å². The van der Waals surface area contributed by atoms with Gasteiger partial charge in [0.25, 0.3) is 5.15 Å². The maximum absolute atomic E-state index is 5.92. The fourth-order valence-corrected chi connectivity index (χ4v) is 1.32. The molecule has 0 aromatic carbocycles. The number of hydrogen-bond acceptors (Lipinski definition) is 0. The molecule has 2 aromatic rings. The lowest BCUT2D eigenvalue weighted by atomic mass is 10.3. The van der Waals surface area contributed by atoms with Crippen LogP contribution in [0, 0.1) is 0 Å². The summed E-state index contributed by atoms with van der Waals surface area (Å²) in [5, 5.41) is 0.739. The topological polar surface area (TPSA) is 4.10 Å². The standard InChI is InChI=1S/C9H7ClN/c10-9-6-3-5-8-4-1-2-7-11(8)9/h1-7H/q+1. The maximum atomic E-state index is 5.92. The Balaban J connectivity index is 2.91. The van der Waals surface area contributed by atoms with Gasteiger partial charge >= 0.3 is 0 Å². The van der Waals surface area contributed by atoms with Crippen molar-refractivity contribution >= 4 is 17.1 Å². The van der Waals surface area contributed by atoms with Crippen molar-refractivity contribution in [2.45, 2.75) is 0 Å². The van der Waals surface area contributed by atoms with E-state index in [0.29, 0.717) is 0 Å². The van der Waals surface area contributed by atoms with Crippen molar-refractivity contribution in [3.05, 3.63) is 47.7 Å². The summed E-state index contributed by atoms with van der Waals surface area (Å²) >= 11 is 5.92. The summed E-state index contributed by atoms with van der Waals surface area (Å²) in [5.74, 6) is 0. The summed E-state index contributed by atoms with van der Waals surface area (Å²) in [6.45, 7) is 0. The highest BCUT2D eigenvalue weighted by Gasteiger charge is 2.03. The van der Waals surface area contributed by atoms with Crippen LogP contribution in [0.15, 0.2) is 42.6 Å². The first-order valence-electron chi connectivity index (χ1n) is 3.43. The van der Waals surface area contributed by atoms with Gasteiger partial charge in [0.2, 0.25) is 5.52 Å². The molecule has 0 spiro atoms. The van der Waals surface area contributed by atoms with E-state index < -0.39 is 0 Å². The Bertz CT molecular complexity index is 379. The fraction of sp³-hybridized carbons (Fsp3) is 0. The van der Waals surface area contributed by atoms with Gasteiger partial charge in [-0.2, -0.15) is 4.40 Å². The van der Waals surface area contributed by atoms with Crippen LogP contribution in [0.2, 0.25) is 5.15 Å². The first kappa shape index (κ1) is 6.62. The van der Waals surface area contributed by atoms with Gasteiger partial charge in [-0.15, -0.1) is 0 Å². The molecule has 2 heteroatoms. The Labute approximate surface area is 69.9 Å². The Morgan fingerprint density at radius 1 is 1.00 bits per heavy atom. The minimum Gasteiger partial charge on any atom is -0.150 e. The molecule has 2 rings (SSSR count). The molecular weight excluding hydrogens is 158 g/mol. The van der Waals surface area contributed by atoms with Crippen LogP contribution in [-0.2, 0) is 0 Å². The van der Waals surface area contributed by atoms with E-state index in [1.165, 1.54) is 0 Å². The van der Waals surface area contributed by atoms with E-state index in [-0.39, 0.29) is 0 Å². The van der Waals surface area contributed by atoms with Crippen LogP contribution in [0.4, 0.5) is 0 Å². The molecule has 0 aliphatic rings. The largest absolute Gasteiger partial charge is 0.280 e. The quantitative estimate of drug-likeness (QED) is 0.415. The smallest absolute Gasteiger partial charge is 0.150 e. The molecule has 0 fully saturated rings. The minimum atomic E-state index is 0.739. The molecule has 2 aromatic heterocycles. The highest BCUT2D eigenvalue weighted by Crippen LogP contribution is 2.03. The van der Waals surface area contributed by atoms with E-state index in [1.807, 2.05) is 47.0 Å². The van der Waals surface area contributed by atoms with Crippen molar-refractivity contribution < 1.29 is 4.40 Å². The highest BCUT2D eigenvalue weighted by molar-refractivity contribution is 6.28. The number of nitrogens with zero attached hydrogens (tertiary/aromatic N) is 1. The van der Waals surface area contributed by atoms with E-state index in [2.05, 4.69) is 0 Å². The predicted octanol–water partition coefficient (Wildman–Crippen LogP) is 2.08. The number of fused-ring (bicyclic) bond motifs is 1. The number of pyridine rings is 2. The Morgan fingerprint density at radius 2 is 1.82 bits per heavy atom. The molecule has 0 saturated carbocycles. The van der Waals surface area contributed by atoms with Gasteiger partial charge in [0, 0.05) is 24.3 Å². The molecule has 0 N–H and O–H groups in total. The molecular formula is C9H7ClN+. The third-order valence-corrected chi connectivity index (χ3v) is 1.93. The molecule has 1 nitrogen and oxygen atoms in total. The minimum absolute atomic E-state index is 0.739. The molecule has 0 unspecified atom stereocenters. The highest BCUT2D eigenvalue weighted by atomic mass is 35.5. The van der Waals surface area contributed by atoms with Crippen LogP contribution in [-0.4, -0.2) is 0 Å². The van der Waals surface area contributed by atoms with Crippen LogP contribution in [0.5, 0.6) is 0 Å². The average Bonchev–Trinajstić information content (AvgIpc) is 2.06. The number of aromatic nitrogens is 1. The Hall–Kier alpha value is -1.08. The second-order valence-corrected chi connectivity index (χ2v) is 2.73. The van der Waals surface area contributed by atoms with E-state index in [4.69, 9.17) is 11.6 Å². The van der Waals surface area contributed by atoms with Gasteiger partial charge in [-0.25, -0.2) is 0 Å². The van der Waals surface area contributed by atoms with Gasteiger partial charge in [0.05, 0.1) is 0 Å². The molecule has 54 valence electrons. The number of halogens is 1. The van der Waals surface area contributed by atoms with Gasteiger partial charge in [0.1, 0.15) is 0 Å². The molecule has 11 heavy (non-hydrogen) atoms. The SMILES string of the molecule is Clc1cccc2cccc[n+]12. The number of hydrogen-bond donors (Lipinski definition) is 0. The molecule has 0 radical (unpaired) electrons. The average molecular weight is 165 g/mol. The van der Waals surface area contributed by atoms with E-state index in [9.17, 15) is 0 Å². The zero-order chi connectivity index (χ0) is 7.68. The second kappa shape index (κ2) is 2.51. The predicted molar refractivity (Wildman–Crippen MR) is 44.6 cm³/mol. The molecule has 0 bridgehead atoms. The van der Waals surface area contributed by atoms with Crippen molar-refractivity contribution in [3.63, 3.8) is 0 Å². The summed E-state index contributed by atoms with van der Waals surface area (Å²) < 4.78 is 1.93. The normalized spacial score (nSPS) is 10.3. The summed E-state index contributed by atoms with van der Waals surface area (Å²) in [7, 11) is 0. The monoisotopic (exact) mass is 164 g/mol. The fourth-order valence-electron chi connectivity index (χ4n) is 1.09. The van der Waals surface area contributed by atoms with Gasteiger partial charge < -0.3 is 0 Å². The lowest BCUT2D eigenvalue weighted by Gasteiger charge is -1.89. The first-order chi connectivity index (χ1) is 5.38. The van der Waals surface area contributed by atoms with Gasteiger partial charge in [-0.05, 0) is 23.7 Å². The van der Waals surface area contributed by atoms with Crippen LogP contribution in [0.1, 0.15) is 0 Å². The third-order valence-electron chi connectivity index (χ3n) is 1.62. The summed E-state index contributed by atoms with van der Waals surface area (Å²) in [6, 6.07) is 11.8. The van der Waals surface area contributed by atoms with Crippen molar-refractivity contribution in [2.24, 2.45) is 0 Å². The van der Waals surface area contributed by atoms with E-state index >= 15 is 0 Å². The zero-order valence-electron chi connectivity index (χ0n) is 5.87. The van der Waals surface area contributed by atoms with Crippen molar-refractivity contribution in [3.8, 4) is 0 Å².